The van der Waals surface area contributed by atoms with Crippen molar-refractivity contribution in [3.8, 4) is 0 Å². The molecule has 1 spiro atoms. The maximum absolute atomic E-state index is 11.1. The minimum atomic E-state index is -1.56. The van der Waals surface area contributed by atoms with Gasteiger partial charge in [0.15, 0.2) is 18.4 Å². The average molecular weight is 757 g/mol. The van der Waals surface area contributed by atoms with E-state index in [-0.39, 0.29) is 34.7 Å². The van der Waals surface area contributed by atoms with E-state index in [9.17, 15) is 40.9 Å². The number of ether oxygens (including phenoxy) is 6. The second-order valence-electron chi connectivity index (χ2n) is 18.8. The fraction of sp³-hybridized carbons (Fsp3) is 1.00. The number of fused-ring (bicyclic) bond motifs is 7. The molecule has 8 fully saturated rings. The topological polar surface area (TPSA) is 217 Å². The fourth-order valence-corrected chi connectivity index (χ4v) is 13.2. The minimum absolute atomic E-state index is 0.0431. The zero-order valence-corrected chi connectivity index (χ0v) is 31.6. The van der Waals surface area contributed by atoms with E-state index in [1.165, 1.54) is 0 Å². The highest BCUT2D eigenvalue weighted by Gasteiger charge is 2.70. The fourth-order valence-electron chi connectivity index (χ4n) is 13.2. The first-order chi connectivity index (χ1) is 25.2. The highest BCUT2D eigenvalue weighted by molar-refractivity contribution is 5.16. The smallest absolute Gasteiger partial charge is 0.186 e. The quantitative estimate of drug-likeness (QED) is 0.173. The Morgan fingerprint density at radius 2 is 1.26 bits per heavy atom. The van der Waals surface area contributed by atoms with E-state index < -0.39 is 92.6 Å². The molecule has 8 aliphatic rings. The third-order valence-electron chi connectivity index (χ3n) is 16.2. The summed E-state index contributed by atoms with van der Waals surface area (Å²) in [5.41, 5.74) is -0.159. The van der Waals surface area contributed by atoms with Crippen LogP contribution in [0.3, 0.4) is 0 Å². The Morgan fingerprint density at radius 3 is 1.87 bits per heavy atom. The molecule has 23 atom stereocenters. The molecular formula is C39H64O14. The monoisotopic (exact) mass is 756 g/mol. The molecule has 0 amide bonds. The van der Waals surface area contributed by atoms with Crippen molar-refractivity contribution in [3.05, 3.63) is 0 Å². The van der Waals surface area contributed by atoms with Crippen LogP contribution in [0.5, 0.6) is 0 Å². The van der Waals surface area contributed by atoms with Gasteiger partial charge in [0, 0.05) is 12.3 Å². The van der Waals surface area contributed by atoms with Crippen LogP contribution in [0.2, 0.25) is 0 Å². The molecule has 14 heteroatoms. The van der Waals surface area contributed by atoms with Gasteiger partial charge in [0.1, 0.15) is 48.8 Å². The van der Waals surface area contributed by atoms with Gasteiger partial charge in [-0.3, -0.25) is 0 Å². The van der Waals surface area contributed by atoms with Crippen molar-refractivity contribution in [2.45, 2.75) is 171 Å². The summed E-state index contributed by atoms with van der Waals surface area (Å²) >= 11 is 0. The van der Waals surface area contributed by atoms with Crippen LogP contribution in [0.15, 0.2) is 0 Å². The van der Waals surface area contributed by atoms with Crippen LogP contribution in [0.25, 0.3) is 0 Å². The van der Waals surface area contributed by atoms with Crippen molar-refractivity contribution in [3.63, 3.8) is 0 Å². The van der Waals surface area contributed by atoms with Gasteiger partial charge in [0.25, 0.3) is 0 Å². The standard InChI is InChI=1S/C39H64O14/c1-17-5-10-39(48-16-17)18(2)28-25(53-39)13-22-20-12-24(50-36-34(47)32(45)30(43)27(15-41)52-36)23-11-19(6-8-37(23,3)21(20)7-9-38(22,28)4)49-35-33(46)31(44)29(42)26(14-40)51-35/h17-36,40-47H,5-16H2,1-4H3/t17-,18?,19+,20?,21?,22?,23-,24+,25?,26-,27+,28?,29-,30+,31+,32-,33-,34+,35?,36?,37-,38+,39?/m1/s1. The largest absolute Gasteiger partial charge is 0.394 e. The summed E-state index contributed by atoms with van der Waals surface area (Å²) in [4.78, 5) is 0. The average Bonchev–Trinajstić information content (AvgIpc) is 3.59. The highest BCUT2D eigenvalue weighted by atomic mass is 16.7. The molecule has 0 aromatic carbocycles. The lowest BCUT2D eigenvalue weighted by Gasteiger charge is -2.63. The SMILES string of the molecule is CC1C2C(CC3C4C[C@H](OC5O[C@@H](CO)[C@H](O)[C@@H](O)[C@@H]5O)[C@H]5C[C@@H](OC6O[C@H](CO)[C@@H](O)[C@H](O)[C@H]6O)CC[C@]5(C)C4CC[C@@]32C)OC12CC[C@@H](C)CO2. The highest BCUT2D eigenvalue weighted by Crippen LogP contribution is 2.71. The van der Waals surface area contributed by atoms with E-state index in [2.05, 4.69) is 27.7 Å². The zero-order chi connectivity index (χ0) is 37.8. The predicted octanol–water partition coefficient (Wildman–Crippen LogP) is 0.413. The zero-order valence-electron chi connectivity index (χ0n) is 31.6. The molecule has 4 saturated carbocycles. The van der Waals surface area contributed by atoms with Crippen molar-refractivity contribution in [2.24, 2.45) is 52.3 Å². The summed E-state index contributed by atoms with van der Waals surface area (Å²) in [6, 6.07) is 0. The molecule has 4 saturated heterocycles. The van der Waals surface area contributed by atoms with Gasteiger partial charge in [-0.15, -0.1) is 0 Å². The minimum Gasteiger partial charge on any atom is -0.394 e. The van der Waals surface area contributed by atoms with Crippen molar-refractivity contribution in [1.29, 1.82) is 0 Å². The normalized spacial score (nSPS) is 59.5. The molecular weight excluding hydrogens is 692 g/mol. The van der Waals surface area contributed by atoms with Crippen LogP contribution in [0, 0.1) is 52.3 Å². The molecule has 0 aromatic heterocycles. The summed E-state index contributed by atoms with van der Waals surface area (Å²) in [6.45, 7) is 9.00. The van der Waals surface area contributed by atoms with Crippen LogP contribution in [0.4, 0.5) is 0 Å². The Bertz CT molecular complexity index is 1290. The van der Waals surface area contributed by atoms with Gasteiger partial charge in [0.2, 0.25) is 0 Å². The Hall–Kier alpha value is -0.560. The predicted molar refractivity (Wildman–Crippen MR) is 184 cm³/mol. The van der Waals surface area contributed by atoms with Crippen molar-refractivity contribution in [2.75, 3.05) is 19.8 Å². The van der Waals surface area contributed by atoms with Gasteiger partial charge >= 0.3 is 0 Å². The molecule has 8 N–H and O–H groups in total. The van der Waals surface area contributed by atoms with Gasteiger partial charge in [-0.2, -0.15) is 0 Å². The van der Waals surface area contributed by atoms with E-state index in [4.69, 9.17) is 28.4 Å². The summed E-state index contributed by atoms with van der Waals surface area (Å²) < 4.78 is 38.3. The van der Waals surface area contributed by atoms with E-state index >= 15 is 0 Å². The number of hydrogen-bond donors (Lipinski definition) is 8. The third kappa shape index (κ3) is 6.20. The van der Waals surface area contributed by atoms with E-state index in [1.54, 1.807) is 0 Å². The van der Waals surface area contributed by atoms with Crippen molar-refractivity contribution < 1.29 is 69.3 Å². The molecule has 14 nitrogen and oxygen atoms in total. The van der Waals surface area contributed by atoms with Crippen molar-refractivity contribution >= 4 is 0 Å². The van der Waals surface area contributed by atoms with E-state index in [0.29, 0.717) is 42.9 Å². The second-order valence-corrected chi connectivity index (χ2v) is 18.8. The molecule has 53 heavy (non-hydrogen) atoms. The lowest BCUT2D eigenvalue weighted by atomic mass is 9.43. The molecule has 0 radical (unpaired) electrons. The molecule has 0 bridgehead atoms. The number of rotatable bonds is 6. The van der Waals surface area contributed by atoms with Gasteiger partial charge in [-0.25, -0.2) is 0 Å². The molecule has 4 aliphatic heterocycles. The van der Waals surface area contributed by atoms with Crippen LogP contribution in [0.1, 0.15) is 85.5 Å². The first-order valence-corrected chi connectivity index (χ1v) is 20.4. The lowest BCUT2D eigenvalue weighted by molar-refractivity contribution is -0.335. The summed E-state index contributed by atoms with van der Waals surface area (Å²) in [6.07, 6.45) is -6.84. The molecule has 0 aromatic rings. The van der Waals surface area contributed by atoms with Crippen LogP contribution in [-0.4, -0.2) is 146 Å². The molecule has 4 aliphatic carbocycles. The Kier molecular flexibility index (Phi) is 10.6. The lowest BCUT2D eigenvalue weighted by Crippen LogP contribution is -2.63. The summed E-state index contributed by atoms with van der Waals surface area (Å²) in [5, 5.41) is 83.5. The third-order valence-corrected chi connectivity index (χ3v) is 16.2. The molecule has 4 heterocycles. The summed E-state index contributed by atoms with van der Waals surface area (Å²) in [7, 11) is 0. The first kappa shape index (κ1) is 39.3. The Balaban J connectivity index is 1.06. The number of hydrogen-bond acceptors (Lipinski definition) is 14. The maximum Gasteiger partial charge on any atom is 0.186 e. The van der Waals surface area contributed by atoms with Gasteiger partial charge in [-0.05, 0) is 97.7 Å². The number of aliphatic hydroxyl groups is 8. The molecule has 9 unspecified atom stereocenters. The van der Waals surface area contributed by atoms with Gasteiger partial charge in [0.05, 0.1) is 38.1 Å². The van der Waals surface area contributed by atoms with Crippen LogP contribution in [-0.2, 0) is 28.4 Å². The second kappa shape index (κ2) is 14.4. The van der Waals surface area contributed by atoms with Crippen molar-refractivity contribution in [1.82, 2.24) is 0 Å². The Labute approximate surface area is 312 Å². The first-order valence-electron chi connectivity index (χ1n) is 20.4. The maximum atomic E-state index is 11.1. The van der Waals surface area contributed by atoms with Crippen LogP contribution < -0.4 is 0 Å². The van der Waals surface area contributed by atoms with E-state index in [0.717, 1.165) is 45.1 Å². The number of aliphatic hydroxyl groups excluding tert-OH is 8. The van der Waals surface area contributed by atoms with E-state index in [1.807, 2.05) is 0 Å². The van der Waals surface area contributed by atoms with Gasteiger partial charge < -0.3 is 69.3 Å². The molecule has 304 valence electrons. The summed E-state index contributed by atoms with van der Waals surface area (Å²) in [5.74, 6) is 1.62. The molecule has 8 rings (SSSR count). The van der Waals surface area contributed by atoms with Crippen LogP contribution >= 0.6 is 0 Å². The van der Waals surface area contributed by atoms with Gasteiger partial charge in [-0.1, -0.05) is 27.7 Å². The Morgan fingerprint density at radius 1 is 0.642 bits per heavy atom.